The number of fused-ring (bicyclic) bond motifs is 1. The van der Waals surface area contributed by atoms with E-state index in [1.54, 1.807) is 12.3 Å². The fraction of sp³-hybridized carbons (Fsp3) is 0.300. The van der Waals surface area contributed by atoms with Crippen LogP contribution >= 0.6 is 0 Å². The van der Waals surface area contributed by atoms with Gasteiger partial charge in [-0.1, -0.05) is 0 Å². The summed E-state index contributed by atoms with van der Waals surface area (Å²) < 4.78 is 19.3. The number of halogens is 1. The van der Waals surface area contributed by atoms with Gasteiger partial charge in [0, 0.05) is 42.1 Å². The molecule has 0 bridgehead atoms. The quantitative estimate of drug-likeness (QED) is 0.702. The molecule has 0 aliphatic rings. The van der Waals surface area contributed by atoms with Gasteiger partial charge in [-0.05, 0) is 56.9 Å². The number of rotatable bonds is 7. The summed E-state index contributed by atoms with van der Waals surface area (Å²) in [4.78, 5) is 10.7. The van der Waals surface area contributed by atoms with Crippen LogP contribution in [0.1, 0.15) is 11.3 Å². The van der Waals surface area contributed by atoms with Crippen LogP contribution in [0, 0.1) is 12.7 Å². The second-order valence-electron chi connectivity index (χ2n) is 6.48. The van der Waals surface area contributed by atoms with E-state index in [-0.39, 0.29) is 5.82 Å². The largest absolute Gasteiger partial charge is 0.476 e. The minimum Gasteiger partial charge on any atom is -0.476 e. The van der Waals surface area contributed by atoms with E-state index in [0.29, 0.717) is 19.0 Å². The van der Waals surface area contributed by atoms with Gasteiger partial charge in [0.2, 0.25) is 5.88 Å². The first-order valence-corrected chi connectivity index (χ1v) is 8.54. The van der Waals surface area contributed by atoms with Gasteiger partial charge in [-0.2, -0.15) is 0 Å². The molecule has 0 atom stereocenters. The van der Waals surface area contributed by atoms with E-state index in [4.69, 9.17) is 4.74 Å². The lowest BCUT2D eigenvalue weighted by Gasteiger charge is -2.13. The third kappa shape index (κ3) is 4.67. The predicted molar refractivity (Wildman–Crippen MR) is 102 cm³/mol. The average molecular weight is 354 g/mol. The van der Waals surface area contributed by atoms with Crippen molar-refractivity contribution in [1.29, 1.82) is 0 Å². The molecule has 136 valence electrons. The second-order valence-corrected chi connectivity index (χ2v) is 6.48. The number of likely N-dealkylation sites (N-methyl/N-ethyl adjacent to an activating group) is 1. The molecule has 3 rings (SSSR count). The highest BCUT2D eigenvalue weighted by Crippen LogP contribution is 2.25. The number of aromatic nitrogens is 2. The van der Waals surface area contributed by atoms with Gasteiger partial charge in [0.25, 0.3) is 0 Å². The Kier molecular flexibility index (Phi) is 5.63. The minimum absolute atomic E-state index is 0.272. The Bertz CT molecular complexity index is 898. The molecule has 0 radical (unpaired) electrons. The number of benzene rings is 1. The summed E-state index contributed by atoms with van der Waals surface area (Å²) in [5, 5.41) is 4.15. The van der Waals surface area contributed by atoms with E-state index in [1.807, 2.05) is 39.2 Å². The van der Waals surface area contributed by atoms with Crippen LogP contribution in [-0.2, 0) is 6.54 Å². The number of nitrogens with one attached hydrogen (secondary N) is 1. The topological polar surface area (TPSA) is 50.3 Å². The van der Waals surface area contributed by atoms with Gasteiger partial charge in [-0.25, -0.2) is 9.37 Å². The number of pyridine rings is 2. The third-order valence-corrected chi connectivity index (χ3v) is 3.97. The van der Waals surface area contributed by atoms with E-state index in [9.17, 15) is 4.39 Å². The monoisotopic (exact) mass is 354 g/mol. The number of hydrogen-bond donors (Lipinski definition) is 1. The van der Waals surface area contributed by atoms with E-state index in [0.717, 1.165) is 34.4 Å². The van der Waals surface area contributed by atoms with Crippen molar-refractivity contribution in [1.82, 2.24) is 14.9 Å². The van der Waals surface area contributed by atoms with E-state index < -0.39 is 0 Å². The smallest absolute Gasteiger partial charge is 0.213 e. The summed E-state index contributed by atoms with van der Waals surface area (Å²) in [6, 6.07) is 10.4. The van der Waals surface area contributed by atoms with Crippen molar-refractivity contribution in [3.63, 3.8) is 0 Å². The molecule has 5 nitrogen and oxygen atoms in total. The Hall–Kier alpha value is -2.73. The molecule has 0 spiro atoms. The number of hydrogen-bond acceptors (Lipinski definition) is 5. The van der Waals surface area contributed by atoms with Crippen LogP contribution in [0.3, 0.4) is 0 Å². The molecular weight excluding hydrogens is 331 g/mol. The van der Waals surface area contributed by atoms with Gasteiger partial charge in [0.15, 0.2) is 0 Å². The maximum absolute atomic E-state index is 13.6. The highest BCUT2D eigenvalue weighted by molar-refractivity contribution is 5.91. The van der Waals surface area contributed by atoms with Gasteiger partial charge in [-0.15, -0.1) is 0 Å². The molecule has 1 N–H and O–H groups in total. The molecule has 0 aliphatic carbocycles. The zero-order valence-corrected chi connectivity index (χ0v) is 15.3. The van der Waals surface area contributed by atoms with Crippen LogP contribution in [0.25, 0.3) is 10.9 Å². The SMILES string of the molecule is Cc1cc(NCc2ccnc(OCCN(C)C)c2)c2cc(F)ccc2n1. The Labute approximate surface area is 152 Å². The predicted octanol–water partition coefficient (Wildman–Crippen LogP) is 3.63. The van der Waals surface area contributed by atoms with Gasteiger partial charge in [0.05, 0.1) is 5.52 Å². The summed E-state index contributed by atoms with van der Waals surface area (Å²) in [6.07, 6.45) is 1.73. The van der Waals surface area contributed by atoms with Crippen LogP contribution in [0.4, 0.5) is 10.1 Å². The van der Waals surface area contributed by atoms with Crippen molar-refractivity contribution in [2.24, 2.45) is 0 Å². The zero-order valence-electron chi connectivity index (χ0n) is 15.3. The van der Waals surface area contributed by atoms with Crippen LogP contribution in [0.15, 0.2) is 42.6 Å². The Balaban J connectivity index is 1.73. The molecule has 0 saturated carbocycles. The first-order chi connectivity index (χ1) is 12.5. The number of aryl methyl sites for hydroxylation is 1. The molecule has 1 aromatic carbocycles. The number of ether oxygens (including phenoxy) is 1. The molecule has 0 saturated heterocycles. The molecule has 0 amide bonds. The van der Waals surface area contributed by atoms with Crippen molar-refractivity contribution >= 4 is 16.6 Å². The second kappa shape index (κ2) is 8.10. The Morgan fingerprint density at radius 2 is 2.00 bits per heavy atom. The highest BCUT2D eigenvalue weighted by Gasteiger charge is 2.06. The Morgan fingerprint density at radius 1 is 1.15 bits per heavy atom. The minimum atomic E-state index is -0.272. The highest BCUT2D eigenvalue weighted by atomic mass is 19.1. The standard InChI is InChI=1S/C20H23FN4O/c1-14-10-19(17-12-16(21)4-5-18(17)24-14)23-13-15-6-7-22-20(11-15)26-9-8-25(2)3/h4-7,10-12H,8-9,13H2,1-3H3,(H,23,24). The van der Waals surface area contributed by atoms with Crippen molar-refractivity contribution in [3.05, 3.63) is 59.7 Å². The van der Waals surface area contributed by atoms with E-state index >= 15 is 0 Å². The van der Waals surface area contributed by atoms with Crippen molar-refractivity contribution in [2.45, 2.75) is 13.5 Å². The maximum atomic E-state index is 13.6. The lowest BCUT2D eigenvalue weighted by molar-refractivity contribution is 0.253. The molecule has 3 aromatic rings. The number of nitrogens with zero attached hydrogens (tertiary/aromatic N) is 3. The van der Waals surface area contributed by atoms with Gasteiger partial charge < -0.3 is 15.0 Å². The molecule has 26 heavy (non-hydrogen) atoms. The van der Waals surface area contributed by atoms with E-state index in [1.165, 1.54) is 12.1 Å². The number of anilines is 1. The molecule has 0 unspecified atom stereocenters. The Morgan fingerprint density at radius 3 is 2.81 bits per heavy atom. The summed E-state index contributed by atoms with van der Waals surface area (Å²) >= 11 is 0. The summed E-state index contributed by atoms with van der Waals surface area (Å²) in [5.41, 5.74) is 3.56. The van der Waals surface area contributed by atoms with Crippen LogP contribution < -0.4 is 10.1 Å². The van der Waals surface area contributed by atoms with Crippen molar-refractivity contribution in [2.75, 3.05) is 32.6 Å². The van der Waals surface area contributed by atoms with Crippen molar-refractivity contribution < 1.29 is 9.13 Å². The fourth-order valence-electron chi connectivity index (χ4n) is 2.65. The van der Waals surface area contributed by atoms with Crippen molar-refractivity contribution in [3.8, 4) is 5.88 Å². The van der Waals surface area contributed by atoms with Gasteiger partial charge >= 0.3 is 0 Å². The molecule has 6 heteroatoms. The zero-order chi connectivity index (χ0) is 18.5. The van der Waals surface area contributed by atoms with Gasteiger partial charge in [0.1, 0.15) is 12.4 Å². The van der Waals surface area contributed by atoms with Crippen LogP contribution in [0.2, 0.25) is 0 Å². The fourth-order valence-corrected chi connectivity index (χ4v) is 2.65. The van der Waals surface area contributed by atoms with E-state index in [2.05, 4.69) is 20.2 Å². The third-order valence-electron chi connectivity index (χ3n) is 3.97. The maximum Gasteiger partial charge on any atom is 0.213 e. The summed E-state index contributed by atoms with van der Waals surface area (Å²) in [6.45, 7) is 3.93. The van der Waals surface area contributed by atoms with Crippen LogP contribution in [0.5, 0.6) is 5.88 Å². The molecule has 0 fully saturated rings. The van der Waals surface area contributed by atoms with Gasteiger partial charge in [-0.3, -0.25) is 4.98 Å². The molecule has 0 aliphatic heterocycles. The lowest BCUT2D eigenvalue weighted by atomic mass is 10.1. The lowest BCUT2D eigenvalue weighted by Crippen LogP contribution is -2.19. The molecule has 2 aromatic heterocycles. The first kappa shape index (κ1) is 18.1. The first-order valence-electron chi connectivity index (χ1n) is 8.54. The summed E-state index contributed by atoms with van der Waals surface area (Å²) in [5.74, 6) is 0.333. The molecular formula is C20H23FN4O. The summed E-state index contributed by atoms with van der Waals surface area (Å²) in [7, 11) is 4.00. The molecule has 2 heterocycles. The van der Waals surface area contributed by atoms with Crippen LogP contribution in [-0.4, -0.2) is 42.1 Å². The average Bonchev–Trinajstić information content (AvgIpc) is 2.60. The normalized spacial score (nSPS) is 11.1.